The van der Waals surface area contributed by atoms with Crippen LogP contribution in [0.25, 0.3) is 0 Å². The molecule has 0 unspecified atom stereocenters. The molecular formula is C8H3BrClF6NO3S. The summed E-state index contributed by atoms with van der Waals surface area (Å²) in [5.74, 6) is -1.75. The topological polar surface area (TPSA) is 56.3 Å². The van der Waals surface area contributed by atoms with Crippen molar-refractivity contribution >= 4 is 35.7 Å². The SMILES string of the molecule is O=S(=O)(Cl)c1cc(OC(F)(F)F)c(C(F)(F)F)c(CBr)n1. The third kappa shape index (κ3) is 4.88. The number of rotatable bonds is 3. The number of hydrogen-bond acceptors (Lipinski definition) is 4. The van der Waals surface area contributed by atoms with Crippen molar-refractivity contribution in [3.63, 3.8) is 0 Å². The number of hydrogen-bond donors (Lipinski definition) is 0. The second-order valence-corrected chi connectivity index (χ2v) is 6.47. The Labute approximate surface area is 126 Å². The van der Waals surface area contributed by atoms with Crippen LogP contribution in [-0.2, 0) is 20.6 Å². The minimum Gasteiger partial charge on any atom is -0.405 e. The van der Waals surface area contributed by atoms with Crippen LogP contribution in [0.4, 0.5) is 26.3 Å². The predicted molar refractivity (Wildman–Crippen MR) is 61.6 cm³/mol. The van der Waals surface area contributed by atoms with E-state index in [1.165, 1.54) is 0 Å². The summed E-state index contributed by atoms with van der Waals surface area (Å²) in [4.78, 5) is 3.09. The summed E-state index contributed by atoms with van der Waals surface area (Å²) in [5.41, 5.74) is -2.86. The molecule has 0 fully saturated rings. The lowest BCUT2D eigenvalue weighted by atomic mass is 10.2. The van der Waals surface area contributed by atoms with E-state index >= 15 is 0 Å². The highest BCUT2D eigenvalue weighted by molar-refractivity contribution is 9.08. The van der Waals surface area contributed by atoms with Gasteiger partial charge in [-0.15, -0.1) is 13.2 Å². The first-order valence-electron chi connectivity index (χ1n) is 4.63. The van der Waals surface area contributed by atoms with Crippen LogP contribution in [0.2, 0.25) is 0 Å². The largest absolute Gasteiger partial charge is 0.573 e. The fraction of sp³-hybridized carbons (Fsp3) is 0.375. The van der Waals surface area contributed by atoms with Crippen molar-refractivity contribution in [3.05, 3.63) is 17.3 Å². The summed E-state index contributed by atoms with van der Waals surface area (Å²) in [5, 5.41) is -1.86. The van der Waals surface area contributed by atoms with Crippen molar-refractivity contribution in [1.82, 2.24) is 4.98 Å². The van der Waals surface area contributed by atoms with E-state index in [4.69, 9.17) is 10.7 Å². The molecule has 1 heterocycles. The predicted octanol–water partition coefficient (Wildman–Crippen LogP) is 3.82. The van der Waals surface area contributed by atoms with Gasteiger partial charge in [-0.25, -0.2) is 13.4 Å². The number of ether oxygens (including phenoxy) is 1. The van der Waals surface area contributed by atoms with Crippen molar-refractivity contribution in [3.8, 4) is 5.75 Å². The quantitative estimate of drug-likeness (QED) is 0.422. The van der Waals surface area contributed by atoms with E-state index in [1.807, 2.05) is 0 Å². The Hall–Kier alpha value is -0.750. The minimum atomic E-state index is -5.46. The first-order chi connectivity index (χ1) is 9.25. The molecule has 13 heteroatoms. The Kier molecular flexibility index (Phi) is 5.05. The zero-order valence-electron chi connectivity index (χ0n) is 9.39. The molecule has 0 aliphatic heterocycles. The van der Waals surface area contributed by atoms with E-state index in [0.29, 0.717) is 0 Å². The third-order valence-electron chi connectivity index (χ3n) is 1.92. The van der Waals surface area contributed by atoms with Gasteiger partial charge in [-0.2, -0.15) is 13.2 Å². The molecule has 1 aromatic rings. The van der Waals surface area contributed by atoms with Gasteiger partial charge in [0.2, 0.25) is 0 Å². The number of pyridine rings is 1. The van der Waals surface area contributed by atoms with Crippen LogP contribution in [0, 0.1) is 0 Å². The van der Waals surface area contributed by atoms with E-state index in [-0.39, 0.29) is 6.07 Å². The molecule has 4 nitrogen and oxygen atoms in total. The number of aromatic nitrogens is 1. The van der Waals surface area contributed by atoms with Gasteiger partial charge in [-0.1, -0.05) is 15.9 Å². The zero-order chi connectivity index (χ0) is 16.6. The van der Waals surface area contributed by atoms with Gasteiger partial charge in [-0.05, 0) is 0 Å². The zero-order valence-corrected chi connectivity index (χ0v) is 12.5. The molecule has 0 N–H and O–H groups in total. The molecule has 0 amide bonds. The van der Waals surface area contributed by atoms with Gasteiger partial charge in [0.15, 0.2) is 5.03 Å². The van der Waals surface area contributed by atoms with Crippen LogP contribution in [0.1, 0.15) is 11.3 Å². The van der Waals surface area contributed by atoms with E-state index < -0.39 is 49.0 Å². The van der Waals surface area contributed by atoms with Crippen molar-refractivity contribution < 1.29 is 39.5 Å². The van der Waals surface area contributed by atoms with Gasteiger partial charge >= 0.3 is 12.5 Å². The Balaban J connectivity index is 3.69. The number of nitrogens with zero attached hydrogens (tertiary/aromatic N) is 1. The molecule has 0 bridgehead atoms. The maximum Gasteiger partial charge on any atom is 0.573 e. The summed E-state index contributed by atoms with van der Waals surface area (Å²) in [6, 6.07) is -0.0369. The molecule has 1 aromatic heterocycles. The fourth-order valence-corrected chi connectivity index (χ4v) is 2.39. The smallest absolute Gasteiger partial charge is 0.405 e. The second kappa shape index (κ2) is 5.80. The van der Waals surface area contributed by atoms with Crippen molar-refractivity contribution in [2.75, 3.05) is 0 Å². The molecule has 1 rings (SSSR count). The maximum absolute atomic E-state index is 12.8. The molecule has 21 heavy (non-hydrogen) atoms. The standard InChI is InChI=1S/C8H3BrClF6NO3S/c9-2-3-6(7(11,12)13)4(20-8(14,15)16)1-5(17-3)21(10,18)19/h1H,2H2. The Morgan fingerprint density at radius 3 is 2.10 bits per heavy atom. The molecule has 120 valence electrons. The van der Waals surface area contributed by atoms with Crippen molar-refractivity contribution in [2.45, 2.75) is 22.9 Å². The van der Waals surface area contributed by atoms with Crippen molar-refractivity contribution in [2.24, 2.45) is 0 Å². The highest BCUT2D eigenvalue weighted by Gasteiger charge is 2.42. The normalized spacial score (nSPS) is 13.3. The Bertz CT molecular complexity index is 645. The monoisotopic (exact) mass is 421 g/mol. The van der Waals surface area contributed by atoms with Crippen LogP contribution >= 0.6 is 26.6 Å². The van der Waals surface area contributed by atoms with Crippen LogP contribution < -0.4 is 4.74 Å². The highest BCUT2D eigenvalue weighted by atomic mass is 79.9. The van der Waals surface area contributed by atoms with Gasteiger partial charge in [0, 0.05) is 22.1 Å². The van der Waals surface area contributed by atoms with E-state index in [1.54, 1.807) is 0 Å². The second-order valence-electron chi connectivity index (χ2n) is 3.40. The van der Waals surface area contributed by atoms with E-state index in [9.17, 15) is 34.8 Å². The van der Waals surface area contributed by atoms with Gasteiger partial charge < -0.3 is 4.74 Å². The van der Waals surface area contributed by atoms with E-state index in [0.717, 1.165) is 0 Å². The molecule has 0 radical (unpaired) electrons. The third-order valence-corrected chi connectivity index (χ3v) is 3.63. The van der Waals surface area contributed by atoms with E-state index in [2.05, 4.69) is 25.7 Å². The molecule has 0 spiro atoms. The number of halogens is 8. The summed E-state index contributed by atoms with van der Waals surface area (Å²) in [6.45, 7) is 0. The van der Waals surface area contributed by atoms with Crippen LogP contribution in [0.15, 0.2) is 11.1 Å². The highest BCUT2D eigenvalue weighted by Crippen LogP contribution is 2.41. The lowest BCUT2D eigenvalue weighted by Gasteiger charge is -2.18. The molecule has 0 aliphatic carbocycles. The molecule has 0 saturated heterocycles. The first-order valence-corrected chi connectivity index (χ1v) is 8.06. The van der Waals surface area contributed by atoms with Gasteiger partial charge in [0.1, 0.15) is 11.3 Å². The van der Waals surface area contributed by atoms with Gasteiger partial charge in [-0.3, -0.25) is 0 Å². The Morgan fingerprint density at radius 2 is 1.76 bits per heavy atom. The minimum absolute atomic E-state index is 0.0369. The molecule has 0 aromatic carbocycles. The lowest BCUT2D eigenvalue weighted by molar-refractivity contribution is -0.276. The molecule has 0 saturated carbocycles. The fourth-order valence-electron chi connectivity index (χ4n) is 1.28. The summed E-state index contributed by atoms with van der Waals surface area (Å²) >= 11 is 2.58. The Morgan fingerprint density at radius 1 is 1.24 bits per heavy atom. The van der Waals surface area contributed by atoms with Gasteiger partial charge in [0.05, 0.1) is 5.69 Å². The lowest BCUT2D eigenvalue weighted by Crippen LogP contribution is -2.22. The van der Waals surface area contributed by atoms with Crippen LogP contribution in [0.5, 0.6) is 5.75 Å². The maximum atomic E-state index is 12.8. The summed E-state index contributed by atoms with van der Waals surface area (Å²) in [7, 11) is 0.224. The first kappa shape index (κ1) is 18.3. The average Bonchev–Trinajstić information content (AvgIpc) is 2.22. The summed E-state index contributed by atoms with van der Waals surface area (Å²) < 4.78 is 100. The van der Waals surface area contributed by atoms with Gasteiger partial charge in [0.25, 0.3) is 9.05 Å². The van der Waals surface area contributed by atoms with Crippen molar-refractivity contribution in [1.29, 1.82) is 0 Å². The molecule has 0 atom stereocenters. The van der Waals surface area contributed by atoms with Crippen LogP contribution in [-0.4, -0.2) is 19.8 Å². The van der Waals surface area contributed by atoms with Crippen LogP contribution in [0.3, 0.4) is 0 Å². The molecular weight excluding hydrogens is 420 g/mol. The summed E-state index contributed by atoms with van der Waals surface area (Å²) in [6.07, 6.45) is -10.7. The average molecular weight is 423 g/mol. The number of alkyl halides is 7. The molecule has 0 aliphatic rings.